The van der Waals surface area contributed by atoms with Gasteiger partial charge < -0.3 is 39.8 Å². The van der Waals surface area contributed by atoms with Crippen LogP contribution in [-0.4, -0.2) is 96.7 Å². The van der Waals surface area contributed by atoms with E-state index in [0.717, 1.165) is 0 Å². The Morgan fingerprint density at radius 2 is 1.27 bits per heavy atom. The Bertz CT molecular complexity index is 1580. The number of carboxylic acid groups (broad SMARTS) is 2. The molecule has 0 radical (unpaired) electrons. The number of nitrogens with one attached hydrogen (secondary N) is 2. The van der Waals surface area contributed by atoms with Crippen molar-refractivity contribution in [3.8, 4) is 23.0 Å². The lowest BCUT2D eigenvalue weighted by Crippen LogP contribution is -2.36. The number of nitrogens with zero attached hydrogens (tertiary/aromatic N) is 2. The Labute approximate surface area is 300 Å². The van der Waals surface area contributed by atoms with Crippen molar-refractivity contribution in [3.05, 3.63) is 60.2 Å². The van der Waals surface area contributed by atoms with Crippen LogP contribution in [0.25, 0.3) is 0 Å². The lowest BCUT2D eigenvalue weighted by Gasteiger charge is -2.29. The van der Waals surface area contributed by atoms with E-state index in [2.05, 4.69) is 17.2 Å². The van der Waals surface area contributed by atoms with Crippen LogP contribution < -0.4 is 29.6 Å². The van der Waals surface area contributed by atoms with Gasteiger partial charge in [-0.05, 0) is 57.8 Å². The maximum absolute atomic E-state index is 13.6. The fourth-order valence-corrected chi connectivity index (χ4v) is 6.57. The van der Waals surface area contributed by atoms with E-state index >= 15 is 0 Å². The summed E-state index contributed by atoms with van der Waals surface area (Å²) in [4.78, 5) is 26.9. The van der Waals surface area contributed by atoms with Gasteiger partial charge in [0.15, 0.2) is 0 Å². The second kappa shape index (κ2) is 18.7. The van der Waals surface area contributed by atoms with Crippen molar-refractivity contribution in [2.24, 2.45) is 0 Å². The van der Waals surface area contributed by atoms with Gasteiger partial charge in [0.1, 0.15) is 47.3 Å². The highest BCUT2D eigenvalue weighted by Gasteiger charge is 2.33. The average Bonchev–Trinajstić information content (AvgIpc) is 3.76. The first-order valence-corrected chi connectivity index (χ1v) is 17.0. The van der Waals surface area contributed by atoms with Crippen molar-refractivity contribution in [3.63, 3.8) is 0 Å². The van der Waals surface area contributed by atoms with E-state index in [0.29, 0.717) is 61.3 Å². The van der Waals surface area contributed by atoms with Crippen molar-refractivity contribution < 1.29 is 56.3 Å². The summed E-state index contributed by atoms with van der Waals surface area (Å²) in [5.41, 5.74) is 1.52. The van der Waals surface area contributed by atoms with Crippen LogP contribution >= 0.6 is 0 Å². The summed E-state index contributed by atoms with van der Waals surface area (Å²) in [7, 11) is 3.24. The van der Waals surface area contributed by atoms with Crippen molar-refractivity contribution >= 4 is 23.3 Å². The van der Waals surface area contributed by atoms with Crippen LogP contribution in [0.1, 0.15) is 50.2 Å². The number of aliphatic carboxylic acids is 2. The lowest BCUT2D eigenvalue weighted by molar-refractivity contribution is -0.143. The molecule has 0 aromatic heterocycles. The van der Waals surface area contributed by atoms with Gasteiger partial charge in [-0.1, -0.05) is 24.8 Å². The molecule has 286 valence electrons. The van der Waals surface area contributed by atoms with E-state index in [1.807, 2.05) is 0 Å². The first kappa shape index (κ1) is 40.1. The maximum Gasteiger partial charge on any atom is 0.387 e. The van der Waals surface area contributed by atoms with Gasteiger partial charge >= 0.3 is 25.2 Å². The highest BCUT2D eigenvalue weighted by Crippen LogP contribution is 2.39. The van der Waals surface area contributed by atoms with Gasteiger partial charge in [0.25, 0.3) is 0 Å². The second-order valence-electron chi connectivity index (χ2n) is 12.5. The minimum atomic E-state index is -3.16. The summed E-state index contributed by atoms with van der Waals surface area (Å²) in [6.45, 7) is 0.125. The molecule has 0 saturated carbocycles. The molecule has 0 aliphatic carbocycles. The summed E-state index contributed by atoms with van der Waals surface area (Å²) >= 11 is 0. The van der Waals surface area contributed by atoms with Crippen molar-refractivity contribution in [2.45, 2.75) is 89.6 Å². The minimum Gasteiger partial charge on any atom is -0.485 e. The number of ether oxygens (including phenoxy) is 4. The third kappa shape index (κ3) is 10.4. The number of halogens is 4. The number of hydrogen-bond acceptors (Lipinski definition) is 10. The summed E-state index contributed by atoms with van der Waals surface area (Å²) < 4.78 is 76.9. The third-order valence-electron chi connectivity index (χ3n) is 9.10. The Balaban J connectivity index is 1.66. The Morgan fingerprint density at radius 1 is 0.808 bits per heavy atom. The molecule has 0 bridgehead atoms. The zero-order valence-corrected chi connectivity index (χ0v) is 29.3. The molecule has 4 N–H and O–H groups in total. The summed E-state index contributed by atoms with van der Waals surface area (Å²) in [5.74, 6) is -2.04. The Kier molecular flexibility index (Phi) is 14.4. The van der Waals surface area contributed by atoms with Gasteiger partial charge in [0, 0.05) is 56.9 Å². The van der Waals surface area contributed by atoms with Crippen LogP contribution in [-0.2, 0) is 22.7 Å². The topological polar surface area (TPSA) is 142 Å². The van der Waals surface area contributed by atoms with Crippen LogP contribution in [0.5, 0.6) is 23.0 Å². The predicted octanol–water partition coefficient (Wildman–Crippen LogP) is 6.42. The van der Waals surface area contributed by atoms with Crippen molar-refractivity contribution in [1.29, 1.82) is 0 Å². The van der Waals surface area contributed by atoms with Gasteiger partial charge in [-0.2, -0.15) is 17.6 Å². The van der Waals surface area contributed by atoms with Crippen LogP contribution in [0.3, 0.4) is 0 Å². The molecule has 2 aliphatic rings. The molecule has 12 nitrogen and oxygen atoms in total. The molecule has 2 heterocycles. The molecule has 2 aromatic carbocycles. The molecule has 2 aromatic rings. The third-order valence-corrected chi connectivity index (χ3v) is 9.10. The summed E-state index contributed by atoms with van der Waals surface area (Å²) in [5, 5.41) is 25.3. The molecule has 4 rings (SSSR count). The van der Waals surface area contributed by atoms with Gasteiger partial charge in [0.05, 0.1) is 11.4 Å². The number of allylic oxidation sites excluding steroid dienone is 2. The molecule has 4 atom stereocenters. The zero-order valence-electron chi connectivity index (χ0n) is 29.3. The number of anilines is 2. The zero-order chi connectivity index (χ0) is 37.9. The highest BCUT2D eigenvalue weighted by atomic mass is 19.3. The van der Waals surface area contributed by atoms with Crippen LogP contribution in [0.15, 0.2) is 49.1 Å². The van der Waals surface area contributed by atoms with E-state index in [-0.39, 0.29) is 42.5 Å². The smallest absolute Gasteiger partial charge is 0.387 e. The normalized spacial score (nSPS) is 19.2. The fraction of sp³-hybridized carbons (Fsp3) is 0.500. The molecule has 52 heavy (non-hydrogen) atoms. The fourth-order valence-electron chi connectivity index (χ4n) is 6.57. The molecule has 16 heteroatoms. The number of alkyl halides is 4. The quantitative estimate of drug-likeness (QED) is 0.0880. The predicted molar refractivity (Wildman–Crippen MR) is 186 cm³/mol. The van der Waals surface area contributed by atoms with Gasteiger partial charge in [-0.3, -0.25) is 19.4 Å². The van der Waals surface area contributed by atoms with Gasteiger partial charge in [0.2, 0.25) is 0 Å². The van der Waals surface area contributed by atoms with E-state index in [9.17, 15) is 37.4 Å². The molecule has 1 unspecified atom stereocenters. The van der Waals surface area contributed by atoms with Crippen LogP contribution in [0.2, 0.25) is 0 Å². The average molecular weight is 739 g/mol. The molecule has 0 spiro atoms. The number of carbonyl (C=O) groups is 2. The standard InChI is InChI=1S/C36H46F4N4O8/c1-5-6-7-12-28(50-32-18-30(52-36(39)40)23(16-25(32)42-4)20-44-14-9-11-27(44)34(47)48)21(2)49-31-17-29(51-35(37)38)22(15-24(31)41-3)19-43-13-8-10-26(43)33(45)46/h5-7,15-18,21,26-28,35-36,41-42H,1,8-14,19-20H2,2-4H3,(H,45,46)(H,47,48)/b7-6-/t21-,26+,27+,28?/m1/s1. The highest BCUT2D eigenvalue weighted by molar-refractivity contribution is 5.74. The monoisotopic (exact) mass is 738 g/mol. The van der Waals surface area contributed by atoms with Crippen LogP contribution in [0.4, 0.5) is 28.9 Å². The molecule has 0 amide bonds. The minimum absolute atomic E-state index is 0.0551. The lowest BCUT2D eigenvalue weighted by atomic mass is 10.1. The van der Waals surface area contributed by atoms with E-state index < -0.39 is 49.5 Å². The summed E-state index contributed by atoms with van der Waals surface area (Å²) in [6.07, 6.45) is 5.88. The molecular formula is C36H46F4N4O8. The molecule has 2 fully saturated rings. The van der Waals surface area contributed by atoms with E-state index in [1.54, 1.807) is 61.2 Å². The summed E-state index contributed by atoms with van der Waals surface area (Å²) in [6, 6.07) is 4.29. The van der Waals surface area contributed by atoms with Crippen molar-refractivity contribution in [2.75, 3.05) is 37.8 Å². The molecule has 2 aliphatic heterocycles. The first-order valence-electron chi connectivity index (χ1n) is 17.0. The first-order chi connectivity index (χ1) is 24.8. The Hall–Kier alpha value is -4.70. The number of benzene rings is 2. The van der Waals surface area contributed by atoms with Gasteiger partial charge in [-0.15, -0.1) is 0 Å². The molecule has 2 saturated heterocycles. The number of hydrogen-bond donors (Lipinski definition) is 4. The number of likely N-dealkylation sites (tertiary alicyclic amines) is 2. The molecular weight excluding hydrogens is 692 g/mol. The Morgan fingerprint density at radius 3 is 1.67 bits per heavy atom. The van der Waals surface area contributed by atoms with Crippen molar-refractivity contribution in [1.82, 2.24) is 9.80 Å². The number of rotatable bonds is 20. The van der Waals surface area contributed by atoms with Gasteiger partial charge in [-0.25, -0.2) is 0 Å². The maximum atomic E-state index is 13.6. The number of carboxylic acids is 2. The van der Waals surface area contributed by atoms with E-state index in [1.165, 1.54) is 12.1 Å². The largest absolute Gasteiger partial charge is 0.485 e. The van der Waals surface area contributed by atoms with E-state index in [4.69, 9.17) is 18.9 Å². The second-order valence-corrected chi connectivity index (χ2v) is 12.5. The van der Waals surface area contributed by atoms with Crippen LogP contribution in [0, 0.1) is 0 Å². The SMILES string of the molecule is C=C/C=C\CC(Oc1cc(OC(F)F)c(CN2CCC[C@H]2C(=O)O)cc1NC)[C@@H](C)Oc1cc(OC(F)F)c(CN2CCC[C@H]2C(=O)O)cc1NC.